The van der Waals surface area contributed by atoms with Crippen LogP contribution in [0.25, 0.3) is 0 Å². The number of ether oxygens (including phenoxy) is 1. The van der Waals surface area contributed by atoms with E-state index >= 15 is 0 Å². The Kier molecular flexibility index (Phi) is 2.51. The second-order valence-corrected chi connectivity index (χ2v) is 10.4. The van der Waals surface area contributed by atoms with Crippen molar-refractivity contribution in [1.82, 2.24) is 0 Å². The van der Waals surface area contributed by atoms with E-state index in [9.17, 15) is 9.90 Å². The fraction of sp³-hybridized carbons (Fsp3) is 0.950. The third kappa shape index (κ3) is 1.45. The Bertz CT molecular complexity index is 598. The van der Waals surface area contributed by atoms with Gasteiger partial charge in [-0.25, -0.2) is 0 Å². The van der Waals surface area contributed by atoms with Gasteiger partial charge in [0.05, 0.1) is 11.7 Å². The monoisotopic (exact) mass is 318 g/mol. The fourth-order valence-electron chi connectivity index (χ4n) is 8.28. The molecule has 1 aliphatic heterocycles. The minimum atomic E-state index is -0.781. The van der Waals surface area contributed by atoms with Crippen molar-refractivity contribution < 1.29 is 14.6 Å². The van der Waals surface area contributed by atoms with Crippen LogP contribution in [0.1, 0.15) is 66.2 Å². The Morgan fingerprint density at radius 1 is 1.09 bits per heavy atom. The van der Waals surface area contributed by atoms with E-state index in [1.165, 1.54) is 25.7 Å². The van der Waals surface area contributed by atoms with Crippen molar-refractivity contribution in [2.75, 3.05) is 0 Å². The number of epoxide rings is 1. The topological polar surface area (TPSA) is 49.8 Å². The Morgan fingerprint density at radius 2 is 1.83 bits per heavy atom. The minimum Gasteiger partial charge on any atom is -0.385 e. The molecule has 5 rings (SSSR count). The second-order valence-electron chi connectivity index (χ2n) is 10.4. The maximum atomic E-state index is 12.6. The molecule has 8 atom stereocenters. The summed E-state index contributed by atoms with van der Waals surface area (Å²) >= 11 is 0. The van der Waals surface area contributed by atoms with Gasteiger partial charge in [0.15, 0.2) is 5.78 Å². The van der Waals surface area contributed by atoms with Crippen molar-refractivity contribution in [1.29, 1.82) is 0 Å². The predicted octanol–water partition coefficient (Wildman–Crippen LogP) is 3.34. The van der Waals surface area contributed by atoms with Gasteiger partial charge >= 0.3 is 0 Å². The molecular formula is C20H30O3. The first-order valence-corrected chi connectivity index (χ1v) is 9.55. The van der Waals surface area contributed by atoms with Gasteiger partial charge in [-0.3, -0.25) is 4.79 Å². The first kappa shape index (κ1) is 14.9. The number of carbonyl (C=O) groups is 1. The van der Waals surface area contributed by atoms with E-state index in [2.05, 4.69) is 27.7 Å². The second kappa shape index (κ2) is 3.88. The molecular weight excluding hydrogens is 288 g/mol. The summed E-state index contributed by atoms with van der Waals surface area (Å²) in [6, 6.07) is 0. The van der Waals surface area contributed by atoms with Gasteiger partial charge in [0.1, 0.15) is 6.10 Å². The highest BCUT2D eigenvalue weighted by molar-refractivity contribution is 5.85. The minimum absolute atomic E-state index is 0.0419. The van der Waals surface area contributed by atoms with Gasteiger partial charge < -0.3 is 9.84 Å². The highest BCUT2D eigenvalue weighted by Crippen LogP contribution is 2.77. The molecule has 0 aromatic heterocycles. The Morgan fingerprint density at radius 3 is 2.57 bits per heavy atom. The molecule has 0 unspecified atom stereocenters. The Labute approximate surface area is 139 Å². The first-order chi connectivity index (χ1) is 10.7. The summed E-state index contributed by atoms with van der Waals surface area (Å²) in [5.74, 6) is 1.85. The molecule has 3 nitrogen and oxygen atoms in total. The van der Waals surface area contributed by atoms with E-state index in [0.29, 0.717) is 29.8 Å². The molecule has 1 spiro atoms. The number of Topliss-reactive ketones (excluding diaryl/α,β-unsaturated/α-hetero) is 1. The van der Waals surface area contributed by atoms with Crippen molar-refractivity contribution in [2.24, 2.45) is 34.0 Å². The van der Waals surface area contributed by atoms with Gasteiger partial charge in [0.2, 0.25) is 0 Å². The normalized spacial score (nSPS) is 62.3. The standard InChI is InChI=1S/C20H30O3/c1-17(2)13-7-8-20-9-11(19(4)16(20)23-19)5-6-14(20)18(13,3)10-12(21)15(17)22/h11,13-16,22H,5-10H2,1-4H3/t11-,13-,14+,15+,16-,18+,19-,20-/m0/s1. The molecule has 0 aromatic rings. The summed E-state index contributed by atoms with van der Waals surface area (Å²) in [4.78, 5) is 12.6. The van der Waals surface area contributed by atoms with E-state index in [4.69, 9.17) is 4.74 Å². The Hall–Kier alpha value is -0.410. The fourth-order valence-corrected chi connectivity index (χ4v) is 8.28. The number of fused-ring (bicyclic) bond motifs is 5. The summed E-state index contributed by atoms with van der Waals surface area (Å²) < 4.78 is 6.26. The summed E-state index contributed by atoms with van der Waals surface area (Å²) in [5, 5.41) is 10.5. The van der Waals surface area contributed by atoms with Crippen LogP contribution in [0.3, 0.4) is 0 Å². The molecule has 23 heavy (non-hydrogen) atoms. The quantitative estimate of drug-likeness (QED) is 0.697. The molecule has 5 aliphatic rings. The molecule has 0 aromatic carbocycles. The number of aliphatic hydroxyl groups is 1. The zero-order valence-corrected chi connectivity index (χ0v) is 14.9. The Balaban J connectivity index is 1.60. The maximum absolute atomic E-state index is 12.6. The summed E-state index contributed by atoms with van der Waals surface area (Å²) in [5.41, 5.74) is 0.211. The van der Waals surface area contributed by atoms with Crippen molar-refractivity contribution in [2.45, 2.75) is 84.0 Å². The molecule has 3 heteroatoms. The zero-order chi connectivity index (χ0) is 16.4. The van der Waals surface area contributed by atoms with Crippen LogP contribution in [0.15, 0.2) is 0 Å². The number of hydrogen-bond donors (Lipinski definition) is 1. The average molecular weight is 318 g/mol. The number of aliphatic hydroxyl groups excluding tert-OH is 1. The average Bonchev–Trinajstić information content (AvgIpc) is 3.14. The molecule has 1 N–H and O–H groups in total. The number of carbonyl (C=O) groups excluding carboxylic acids is 1. The van der Waals surface area contributed by atoms with E-state index < -0.39 is 6.10 Å². The largest absolute Gasteiger partial charge is 0.385 e. The third-order valence-corrected chi connectivity index (χ3v) is 9.25. The van der Waals surface area contributed by atoms with E-state index in [0.717, 1.165) is 12.3 Å². The highest BCUT2D eigenvalue weighted by Gasteiger charge is 2.79. The lowest BCUT2D eigenvalue weighted by Gasteiger charge is -2.64. The SMILES string of the molecule is CC1(C)[C@H](O)C(=O)C[C@@]2(C)[C@H]3CC[C@H]4C[C@]3(CC[C@@H]12)[C@H]1O[C@@]41C. The molecule has 4 aliphatic carbocycles. The van der Waals surface area contributed by atoms with Crippen LogP contribution in [-0.4, -0.2) is 28.7 Å². The third-order valence-electron chi connectivity index (χ3n) is 9.25. The van der Waals surface area contributed by atoms with Crippen LogP contribution >= 0.6 is 0 Å². The molecule has 5 fully saturated rings. The summed E-state index contributed by atoms with van der Waals surface area (Å²) in [6.07, 6.45) is 6.45. The molecule has 1 heterocycles. The molecule has 1 saturated heterocycles. The van der Waals surface area contributed by atoms with Crippen LogP contribution in [0.5, 0.6) is 0 Å². The number of ketones is 1. The molecule has 0 radical (unpaired) electrons. The van der Waals surface area contributed by atoms with Crippen LogP contribution < -0.4 is 0 Å². The van der Waals surface area contributed by atoms with Gasteiger partial charge in [0, 0.05) is 17.3 Å². The van der Waals surface area contributed by atoms with Gasteiger partial charge in [-0.1, -0.05) is 20.8 Å². The van der Waals surface area contributed by atoms with Crippen LogP contribution in [0.4, 0.5) is 0 Å². The number of rotatable bonds is 0. The lowest BCUT2D eigenvalue weighted by Crippen LogP contribution is -2.63. The van der Waals surface area contributed by atoms with Gasteiger partial charge in [-0.05, 0) is 62.2 Å². The zero-order valence-electron chi connectivity index (χ0n) is 14.9. The van der Waals surface area contributed by atoms with E-state index in [-0.39, 0.29) is 22.2 Å². The van der Waals surface area contributed by atoms with Gasteiger partial charge in [0.25, 0.3) is 0 Å². The van der Waals surface area contributed by atoms with Gasteiger partial charge in [-0.2, -0.15) is 0 Å². The maximum Gasteiger partial charge on any atom is 0.162 e. The summed E-state index contributed by atoms with van der Waals surface area (Å²) in [7, 11) is 0. The summed E-state index contributed by atoms with van der Waals surface area (Å²) in [6.45, 7) is 8.93. The van der Waals surface area contributed by atoms with Crippen molar-refractivity contribution >= 4 is 5.78 Å². The highest BCUT2D eigenvalue weighted by atomic mass is 16.6. The van der Waals surface area contributed by atoms with Crippen molar-refractivity contribution in [3.63, 3.8) is 0 Å². The van der Waals surface area contributed by atoms with Crippen LogP contribution in [0, 0.1) is 34.0 Å². The lowest BCUT2D eigenvalue weighted by molar-refractivity contribution is -0.193. The van der Waals surface area contributed by atoms with Crippen molar-refractivity contribution in [3.05, 3.63) is 0 Å². The molecule has 2 bridgehead atoms. The molecule has 4 saturated carbocycles. The van der Waals surface area contributed by atoms with Crippen molar-refractivity contribution in [3.8, 4) is 0 Å². The van der Waals surface area contributed by atoms with Crippen LogP contribution in [-0.2, 0) is 9.53 Å². The first-order valence-electron chi connectivity index (χ1n) is 9.55. The van der Waals surface area contributed by atoms with E-state index in [1.54, 1.807) is 0 Å². The molecule has 0 amide bonds. The number of hydrogen-bond acceptors (Lipinski definition) is 3. The molecule has 128 valence electrons. The predicted molar refractivity (Wildman–Crippen MR) is 86.8 cm³/mol. The van der Waals surface area contributed by atoms with Gasteiger partial charge in [-0.15, -0.1) is 0 Å². The smallest absolute Gasteiger partial charge is 0.162 e. The van der Waals surface area contributed by atoms with Crippen LogP contribution in [0.2, 0.25) is 0 Å². The lowest BCUT2D eigenvalue weighted by atomic mass is 9.40. The van der Waals surface area contributed by atoms with E-state index in [1.807, 2.05) is 0 Å².